The fourth-order valence-corrected chi connectivity index (χ4v) is 6.24. The molecule has 0 spiro atoms. The highest BCUT2D eigenvalue weighted by Crippen LogP contribution is 2.43. The zero-order chi connectivity index (χ0) is 28.3. The van der Waals surface area contributed by atoms with Crippen molar-refractivity contribution in [3.8, 4) is 11.5 Å². The monoisotopic (exact) mass is 845 g/mol. The van der Waals surface area contributed by atoms with Crippen LogP contribution < -0.4 is 15.0 Å². The standard InChI is InChI=1S/C28H24Br5N3O3/c1-4-15(3)27-35-22-9-8-18(29)11-20(22)28(37)36(27)34-13-17-10-23(38-5-2)26(25(33)24(17)32)39-14-16-6-7-19(30)12-21(16)31/h6-13,15H,4-5,14H2,1-3H3/t15-/m0/s1. The predicted molar refractivity (Wildman–Crippen MR) is 175 cm³/mol. The van der Waals surface area contributed by atoms with E-state index in [9.17, 15) is 4.79 Å². The van der Waals surface area contributed by atoms with Gasteiger partial charge in [-0.1, -0.05) is 67.7 Å². The van der Waals surface area contributed by atoms with Crippen molar-refractivity contribution in [2.24, 2.45) is 5.10 Å². The maximum absolute atomic E-state index is 13.5. The fraction of sp³-hybridized carbons (Fsp3) is 0.250. The zero-order valence-electron chi connectivity index (χ0n) is 21.3. The zero-order valence-corrected chi connectivity index (χ0v) is 29.2. The summed E-state index contributed by atoms with van der Waals surface area (Å²) in [6.45, 7) is 6.79. The molecule has 6 nitrogen and oxygen atoms in total. The van der Waals surface area contributed by atoms with Gasteiger partial charge in [-0.15, -0.1) is 0 Å². The van der Waals surface area contributed by atoms with Crippen LogP contribution in [0, 0.1) is 0 Å². The highest BCUT2D eigenvalue weighted by Gasteiger charge is 2.19. The Bertz CT molecular complexity index is 1620. The van der Waals surface area contributed by atoms with Crippen molar-refractivity contribution in [3.63, 3.8) is 0 Å². The maximum atomic E-state index is 13.5. The van der Waals surface area contributed by atoms with Crippen LogP contribution in [0.3, 0.4) is 0 Å². The molecular formula is C28H24Br5N3O3. The van der Waals surface area contributed by atoms with Crippen LogP contribution in [0.25, 0.3) is 10.9 Å². The molecule has 0 unspecified atom stereocenters. The minimum Gasteiger partial charge on any atom is -0.490 e. The molecule has 39 heavy (non-hydrogen) atoms. The summed E-state index contributed by atoms with van der Waals surface area (Å²) in [4.78, 5) is 18.3. The average Bonchev–Trinajstić information content (AvgIpc) is 2.91. The van der Waals surface area contributed by atoms with Crippen LogP contribution >= 0.6 is 79.6 Å². The third-order valence-corrected chi connectivity index (χ3v) is 9.91. The van der Waals surface area contributed by atoms with Gasteiger partial charge >= 0.3 is 0 Å². The quantitative estimate of drug-likeness (QED) is 0.158. The van der Waals surface area contributed by atoms with Crippen LogP contribution in [-0.4, -0.2) is 22.5 Å². The summed E-state index contributed by atoms with van der Waals surface area (Å²) < 4.78 is 17.6. The van der Waals surface area contributed by atoms with Crippen molar-refractivity contribution in [1.82, 2.24) is 9.66 Å². The summed E-state index contributed by atoms with van der Waals surface area (Å²) in [5.41, 5.74) is 2.11. The summed E-state index contributed by atoms with van der Waals surface area (Å²) in [7, 11) is 0. The lowest BCUT2D eigenvalue weighted by atomic mass is 10.1. The number of rotatable bonds is 9. The molecule has 0 amide bonds. The van der Waals surface area contributed by atoms with E-state index in [4.69, 9.17) is 14.5 Å². The van der Waals surface area contributed by atoms with Crippen LogP contribution in [0.5, 0.6) is 11.5 Å². The Morgan fingerprint density at radius 1 is 0.974 bits per heavy atom. The molecule has 0 bridgehead atoms. The first kappa shape index (κ1) is 30.4. The first-order valence-electron chi connectivity index (χ1n) is 12.1. The summed E-state index contributed by atoms with van der Waals surface area (Å²) in [6.07, 6.45) is 2.44. The van der Waals surface area contributed by atoms with Crippen LogP contribution in [0.2, 0.25) is 0 Å². The van der Waals surface area contributed by atoms with Gasteiger partial charge in [0.15, 0.2) is 11.5 Å². The molecule has 3 aromatic carbocycles. The number of hydrogen-bond acceptors (Lipinski definition) is 5. The van der Waals surface area contributed by atoms with Crippen molar-refractivity contribution >= 4 is 96.8 Å². The van der Waals surface area contributed by atoms with Crippen molar-refractivity contribution in [2.75, 3.05) is 6.61 Å². The Morgan fingerprint density at radius 2 is 1.69 bits per heavy atom. The smallest absolute Gasteiger partial charge is 0.282 e. The maximum Gasteiger partial charge on any atom is 0.282 e. The molecule has 0 aliphatic heterocycles. The molecule has 0 N–H and O–H groups in total. The van der Waals surface area contributed by atoms with Gasteiger partial charge in [-0.2, -0.15) is 9.78 Å². The second-order valence-electron chi connectivity index (χ2n) is 8.68. The summed E-state index contributed by atoms with van der Waals surface area (Å²) >= 11 is 17.9. The average molecular weight is 850 g/mol. The van der Waals surface area contributed by atoms with E-state index in [2.05, 4.69) is 91.7 Å². The number of halogens is 5. The van der Waals surface area contributed by atoms with Crippen molar-refractivity contribution in [2.45, 2.75) is 39.7 Å². The molecule has 0 aliphatic carbocycles. The Balaban J connectivity index is 1.76. The van der Waals surface area contributed by atoms with Gasteiger partial charge in [-0.3, -0.25) is 4.79 Å². The Labute approximate surface area is 268 Å². The van der Waals surface area contributed by atoms with E-state index in [0.717, 1.165) is 25.4 Å². The molecule has 0 saturated carbocycles. The first-order valence-corrected chi connectivity index (χ1v) is 16.1. The largest absolute Gasteiger partial charge is 0.490 e. The Morgan fingerprint density at radius 3 is 2.38 bits per heavy atom. The second-order valence-corrected chi connectivity index (χ2v) is 13.0. The molecule has 11 heteroatoms. The Kier molecular flexibility index (Phi) is 10.5. The van der Waals surface area contributed by atoms with E-state index in [-0.39, 0.29) is 11.5 Å². The van der Waals surface area contributed by atoms with Crippen molar-refractivity contribution in [1.29, 1.82) is 0 Å². The molecule has 1 heterocycles. The molecule has 0 aliphatic rings. The van der Waals surface area contributed by atoms with Gasteiger partial charge in [-0.25, -0.2) is 4.98 Å². The number of nitrogens with zero attached hydrogens (tertiary/aromatic N) is 3. The number of ether oxygens (including phenoxy) is 2. The molecule has 4 aromatic rings. The number of benzene rings is 3. The van der Waals surface area contributed by atoms with Gasteiger partial charge in [0, 0.05) is 34.9 Å². The van der Waals surface area contributed by atoms with Crippen molar-refractivity contribution < 1.29 is 9.47 Å². The van der Waals surface area contributed by atoms with Gasteiger partial charge in [0.25, 0.3) is 5.56 Å². The van der Waals surface area contributed by atoms with E-state index in [0.29, 0.717) is 55.9 Å². The fourth-order valence-electron chi connectivity index (χ4n) is 3.78. The van der Waals surface area contributed by atoms with Crippen LogP contribution in [-0.2, 0) is 6.61 Å². The van der Waals surface area contributed by atoms with Gasteiger partial charge in [-0.05, 0) is 81.6 Å². The highest BCUT2D eigenvalue weighted by molar-refractivity contribution is 9.13. The lowest BCUT2D eigenvalue weighted by Crippen LogP contribution is -2.23. The summed E-state index contributed by atoms with van der Waals surface area (Å²) in [6, 6.07) is 13.3. The lowest BCUT2D eigenvalue weighted by Gasteiger charge is -2.17. The molecule has 204 valence electrons. The predicted octanol–water partition coefficient (Wildman–Crippen LogP) is 9.58. The van der Waals surface area contributed by atoms with E-state index in [1.807, 2.05) is 50.2 Å². The third kappa shape index (κ3) is 6.86. The Hall–Kier alpha value is -1.53. The normalized spacial score (nSPS) is 12.3. The minimum atomic E-state index is -0.229. The summed E-state index contributed by atoms with van der Waals surface area (Å²) in [5.74, 6) is 1.75. The van der Waals surface area contributed by atoms with Crippen LogP contribution in [0.4, 0.5) is 0 Å². The topological polar surface area (TPSA) is 65.7 Å². The minimum absolute atomic E-state index is 0.0331. The molecular weight excluding hydrogens is 826 g/mol. The van der Waals surface area contributed by atoms with Gasteiger partial charge in [0.1, 0.15) is 12.4 Å². The lowest BCUT2D eigenvalue weighted by molar-refractivity contribution is 0.267. The molecule has 1 atom stereocenters. The van der Waals surface area contributed by atoms with E-state index < -0.39 is 0 Å². The third-order valence-electron chi connectivity index (χ3n) is 6.04. The molecule has 4 rings (SSSR count). The SMILES string of the molecule is CCOc1cc(C=Nn2c([C@@H](C)CC)nc3ccc(Br)cc3c2=O)c(Br)c(Br)c1OCc1ccc(Br)cc1Br. The van der Waals surface area contributed by atoms with E-state index in [1.54, 1.807) is 12.3 Å². The highest BCUT2D eigenvalue weighted by atomic mass is 79.9. The number of fused-ring (bicyclic) bond motifs is 1. The molecule has 0 fully saturated rings. The number of aromatic nitrogens is 2. The first-order chi connectivity index (χ1) is 18.6. The van der Waals surface area contributed by atoms with Crippen LogP contribution in [0.15, 0.2) is 74.7 Å². The molecule has 1 aromatic heterocycles. The van der Waals surface area contributed by atoms with Crippen LogP contribution in [0.1, 0.15) is 50.1 Å². The molecule has 0 radical (unpaired) electrons. The molecule has 0 saturated heterocycles. The van der Waals surface area contributed by atoms with Gasteiger partial charge < -0.3 is 9.47 Å². The summed E-state index contributed by atoms with van der Waals surface area (Å²) in [5, 5.41) is 5.11. The second kappa shape index (κ2) is 13.4. The number of hydrogen-bond donors (Lipinski definition) is 0. The van der Waals surface area contributed by atoms with E-state index >= 15 is 0 Å². The van der Waals surface area contributed by atoms with Gasteiger partial charge in [0.2, 0.25) is 0 Å². The van der Waals surface area contributed by atoms with Crippen molar-refractivity contribution in [3.05, 3.63) is 92.1 Å². The van der Waals surface area contributed by atoms with E-state index in [1.165, 1.54) is 4.68 Å². The van der Waals surface area contributed by atoms with Gasteiger partial charge in [0.05, 0.1) is 28.2 Å².